The van der Waals surface area contributed by atoms with Gasteiger partial charge in [-0.3, -0.25) is 0 Å². The van der Waals surface area contributed by atoms with Crippen molar-refractivity contribution in [3.05, 3.63) is 28.8 Å². The molecule has 2 fully saturated rings. The van der Waals surface area contributed by atoms with Gasteiger partial charge in [0.05, 0.1) is 6.20 Å². The van der Waals surface area contributed by atoms with Crippen molar-refractivity contribution in [1.29, 1.82) is 0 Å². The summed E-state index contributed by atoms with van der Waals surface area (Å²) in [4.78, 5) is 39.5. The van der Waals surface area contributed by atoms with Crippen LogP contribution in [-0.2, 0) is 0 Å². The van der Waals surface area contributed by atoms with Gasteiger partial charge in [0.1, 0.15) is 22.8 Å². The highest BCUT2D eigenvalue weighted by Gasteiger charge is 2.27. The Kier molecular flexibility index (Phi) is 4.48. The Morgan fingerprint density at radius 2 is 1.59 bits per heavy atom. The number of hydrogen-bond acceptors (Lipinski definition) is 9. The quantitative estimate of drug-likeness (QED) is 0.474. The number of aromatic nitrogens is 4. The van der Waals surface area contributed by atoms with Gasteiger partial charge in [-0.2, -0.15) is 9.97 Å². The van der Waals surface area contributed by atoms with Crippen molar-refractivity contribution in [2.45, 2.75) is 37.8 Å². The number of halogens is 1. The van der Waals surface area contributed by atoms with Crippen molar-refractivity contribution >= 4 is 35.2 Å². The van der Waals surface area contributed by atoms with Gasteiger partial charge in [0.25, 0.3) is 0 Å². The fraction of sp³-hybridized carbons (Fsp3) is 0.375. The molecule has 3 N–H and O–H groups in total. The molecule has 0 bridgehead atoms. The molecule has 11 heteroatoms. The first-order chi connectivity index (χ1) is 13.0. The van der Waals surface area contributed by atoms with E-state index < -0.39 is 11.9 Å². The van der Waals surface area contributed by atoms with Gasteiger partial charge in [-0.25, -0.2) is 19.6 Å². The molecule has 0 spiro atoms. The van der Waals surface area contributed by atoms with E-state index in [4.69, 9.17) is 16.3 Å². The Morgan fingerprint density at radius 3 is 2.19 bits per heavy atom. The molecule has 4 rings (SSSR count). The van der Waals surface area contributed by atoms with E-state index in [9.17, 15) is 14.7 Å². The zero-order valence-corrected chi connectivity index (χ0v) is 14.7. The van der Waals surface area contributed by atoms with E-state index in [1.165, 1.54) is 6.20 Å². The number of carboxylic acids is 1. The number of nitrogens with zero attached hydrogens (tertiary/aromatic N) is 4. The standard InChI is InChI=1S/C16H15ClN6O4/c17-15-18-6-10(12(22-15)21-8-3-4-8)14(26)27-16-19-5-9(13(24)25)11(23-16)20-7-1-2-7/h5-8H,1-4H2,(H,24,25)(H,18,21,22)(H,19,20,23). The topological polar surface area (TPSA) is 139 Å². The zero-order valence-electron chi connectivity index (χ0n) is 14.0. The Bertz CT molecular complexity index is 916. The number of carbonyl (C=O) groups excluding carboxylic acids is 1. The van der Waals surface area contributed by atoms with Gasteiger partial charge in [-0.1, -0.05) is 0 Å². The van der Waals surface area contributed by atoms with E-state index in [-0.39, 0.29) is 46.1 Å². The molecule has 27 heavy (non-hydrogen) atoms. The highest BCUT2D eigenvalue weighted by molar-refractivity contribution is 6.28. The minimum Gasteiger partial charge on any atom is -0.477 e. The molecule has 2 heterocycles. The van der Waals surface area contributed by atoms with Gasteiger partial charge in [0.2, 0.25) is 5.28 Å². The maximum atomic E-state index is 12.5. The fourth-order valence-corrected chi connectivity index (χ4v) is 2.41. The SMILES string of the molecule is O=C(O)c1cnc(OC(=O)c2cnc(Cl)nc2NC2CC2)nc1NC1CC1. The number of carbonyl (C=O) groups is 2. The summed E-state index contributed by atoms with van der Waals surface area (Å²) >= 11 is 5.80. The summed E-state index contributed by atoms with van der Waals surface area (Å²) in [5, 5.41) is 15.3. The van der Waals surface area contributed by atoms with Crippen molar-refractivity contribution in [3.63, 3.8) is 0 Å². The monoisotopic (exact) mass is 390 g/mol. The van der Waals surface area contributed by atoms with Crippen LogP contribution in [0.5, 0.6) is 6.01 Å². The van der Waals surface area contributed by atoms with Crippen LogP contribution in [0.25, 0.3) is 0 Å². The molecule has 2 saturated carbocycles. The van der Waals surface area contributed by atoms with E-state index in [1.54, 1.807) is 0 Å². The first kappa shape index (κ1) is 17.4. The normalized spacial score (nSPS) is 15.9. The molecule has 0 atom stereocenters. The van der Waals surface area contributed by atoms with Crippen LogP contribution in [0.15, 0.2) is 12.4 Å². The minimum atomic E-state index is -1.17. The van der Waals surface area contributed by atoms with Gasteiger partial charge >= 0.3 is 17.9 Å². The van der Waals surface area contributed by atoms with Crippen LogP contribution in [-0.4, -0.2) is 49.1 Å². The Balaban J connectivity index is 1.56. The van der Waals surface area contributed by atoms with Crippen molar-refractivity contribution in [3.8, 4) is 6.01 Å². The Hall–Kier alpha value is -3.01. The van der Waals surface area contributed by atoms with Crippen LogP contribution in [0.2, 0.25) is 5.28 Å². The minimum absolute atomic E-state index is 0.00711. The van der Waals surface area contributed by atoms with Crippen molar-refractivity contribution in [1.82, 2.24) is 19.9 Å². The molecular formula is C16H15ClN6O4. The third-order valence-corrected chi connectivity index (χ3v) is 4.18. The summed E-state index contributed by atoms with van der Waals surface area (Å²) in [7, 11) is 0. The summed E-state index contributed by atoms with van der Waals surface area (Å²) < 4.78 is 5.20. The van der Waals surface area contributed by atoms with E-state index in [0.29, 0.717) is 0 Å². The van der Waals surface area contributed by atoms with Crippen LogP contribution >= 0.6 is 11.6 Å². The maximum absolute atomic E-state index is 12.5. The highest BCUT2D eigenvalue weighted by atomic mass is 35.5. The summed E-state index contributed by atoms with van der Waals surface area (Å²) in [5.74, 6) is -1.54. The second kappa shape index (κ2) is 6.95. The van der Waals surface area contributed by atoms with E-state index in [0.717, 1.165) is 31.9 Å². The van der Waals surface area contributed by atoms with Crippen molar-refractivity contribution in [2.24, 2.45) is 0 Å². The van der Waals surface area contributed by atoms with Gasteiger partial charge in [0.15, 0.2) is 0 Å². The average molecular weight is 391 g/mol. The lowest BCUT2D eigenvalue weighted by atomic mass is 10.3. The summed E-state index contributed by atoms with van der Waals surface area (Å²) in [6.45, 7) is 0. The molecule has 0 unspecified atom stereocenters. The third-order valence-electron chi connectivity index (χ3n) is 4.00. The molecule has 140 valence electrons. The summed E-state index contributed by atoms with van der Waals surface area (Å²) in [6, 6.07) is 0.143. The molecule has 0 radical (unpaired) electrons. The van der Waals surface area contributed by atoms with Gasteiger partial charge < -0.3 is 20.5 Å². The lowest BCUT2D eigenvalue weighted by Crippen LogP contribution is -2.17. The Labute approximate surface area is 158 Å². The van der Waals surface area contributed by atoms with Crippen LogP contribution in [0.1, 0.15) is 46.4 Å². The predicted molar refractivity (Wildman–Crippen MR) is 94.3 cm³/mol. The van der Waals surface area contributed by atoms with Gasteiger partial charge in [0, 0.05) is 18.3 Å². The lowest BCUT2D eigenvalue weighted by Gasteiger charge is -2.11. The maximum Gasteiger partial charge on any atom is 0.351 e. The first-order valence-electron chi connectivity index (χ1n) is 8.37. The van der Waals surface area contributed by atoms with Crippen molar-refractivity contribution in [2.75, 3.05) is 10.6 Å². The van der Waals surface area contributed by atoms with E-state index >= 15 is 0 Å². The highest BCUT2D eigenvalue weighted by Crippen LogP contribution is 2.28. The molecule has 2 aromatic heterocycles. The number of aromatic carboxylic acids is 1. The van der Waals surface area contributed by atoms with Crippen LogP contribution < -0.4 is 15.4 Å². The van der Waals surface area contributed by atoms with Crippen LogP contribution in [0.4, 0.5) is 11.6 Å². The molecule has 2 aliphatic carbocycles. The molecule has 0 saturated heterocycles. The first-order valence-corrected chi connectivity index (χ1v) is 8.75. The third kappa shape index (κ3) is 4.22. The molecule has 2 aromatic rings. The smallest absolute Gasteiger partial charge is 0.351 e. The number of esters is 1. The lowest BCUT2D eigenvalue weighted by molar-refractivity contribution is 0.0697. The average Bonchev–Trinajstić information content (AvgIpc) is 3.52. The van der Waals surface area contributed by atoms with E-state index in [1.807, 2.05) is 0 Å². The number of carboxylic acid groups (broad SMARTS) is 1. The largest absolute Gasteiger partial charge is 0.477 e. The predicted octanol–water partition coefficient (Wildman–Crippen LogP) is 1.99. The number of ether oxygens (including phenoxy) is 1. The molecular weight excluding hydrogens is 376 g/mol. The second-order valence-corrected chi connectivity index (χ2v) is 6.69. The van der Waals surface area contributed by atoms with Gasteiger partial charge in [-0.05, 0) is 37.3 Å². The van der Waals surface area contributed by atoms with Crippen LogP contribution in [0.3, 0.4) is 0 Å². The number of rotatable bonds is 7. The zero-order chi connectivity index (χ0) is 19.0. The summed E-state index contributed by atoms with van der Waals surface area (Å²) in [6.07, 6.45) is 6.17. The molecule has 10 nitrogen and oxygen atoms in total. The van der Waals surface area contributed by atoms with Crippen LogP contribution in [0, 0.1) is 0 Å². The van der Waals surface area contributed by atoms with Crippen molar-refractivity contribution < 1.29 is 19.4 Å². The molecule has 0 aromatic carbocycles. The molecule has 2 aliphatic rings. The number of nitrogens with one attached hydrogen (secondary N) is 2. The summed E-state index contributed by atoms with van der Waals surface area (Å²) in [5.41, 5.74) is 0.00141. The number of anilines is 2. The Morgan fingerprint density at radius 1 is 1.00 bits per heavy atom. The second-order valence-electron chi connectivity index (χ2n) is 6.35. The fourth-order valence-electron chi connectivity index (χ4n) is 2.28. The number of hydrogen-bond donors (Lipinski definition) is 3. The van der Waals surface area contributed by atoms with Gasteiger partial charge in [-0.15, -0.1) is 0 Å². The molecule has 0 amide bonds. The molecule has 0 aliphatic heterocycles. The van der Waals surface area contributed by atoms with E-state index in [2.05, 4.69) is 30.6 Å².